The van der Waals surface area contributed by atoms with Crippen LogP contribution in [0.25, 0.3) is 5.65 Å². The summed E-state index contributed by atoms with van der Waals surface area (Å²) in [7, 11) is 0. The maximum absolute atomic E-state index is 12.5. The molecule has 0 saturated carbocycles. The number of aliphatic carboxylic acids is 1. The first-order chi connectivity index (χ1) is 9.58. The average molecular weight is 274 g/mol. The molecule has 1 N–H and O–H groups in total. The zero-order valence-corrected chi connectivity index (χ0v) is 11.0. The number of amides is 1. The number of carboxylic acid groups (broad SMARTS) is 1. The lowest BCUT2D eigenvalue weighted by Crippen LogP contribution is -2.40. The summed E-state index contributed by atoms with van der Waals surface area (Å²) in [5.74, 6) is -1.28. The minimum Gasteiger partial charge on any atom is -0.480 e. The highest BCUT2D eigenvalue weighted by Gasteiger charge is 2.35. The van der Waals surface area contributed by atoms with Crippen LogP contribution in [-0.2, 0) is 4.79 Å². The molecule has 1 aliphatic heterocycles. The number of carboxylic acids is 1. The van der Waals surface area contributed by atoms with Crippen molar-refractivity contribution in [1.29, 1.82) is 0 Å². The van der Waals surface area contributed by atoms with Crippen LogP contribution in [0.4, 0.5) is 0 Å². The summed E-state index contributed by atoms with van der Waals surface area (Å²) in [5.41, 5.74) is 1.59. The smallest absolute Gasteiger partial charge is 0.326 e. The molecule has 7 nitrogen and oxygen atoms in total. The lowest BCUT2D eigenvalue weighted by atomic mass is 10.2. The van der Waals surface area contributed by atoms with E-state index < -0.39 is 12.0 Å². The van der Waals surface area contributed by atoms with Crippen LogP contribution in [0.15, 0.2) is 18.5 Å². The van der Waals surface area contributed by atoms with Gasteiger partial charge in [-0.15, -0.1) is 0 Å². The SMILES string of the molecule is Cc1ccn2ncc(C(=O)N3CCC[C@@H]3C(=O)O)c2n1. The van der Waals surface area contributed by atoms with E-state index in [9.17, 15) is 9.59 Å². The van der Waals surface area contributed by atoms with Crippen molar-refractivity contribution in [3.8, 4) is 0 Å². The number of nitrogens with zero attached hydrogens (tertiary/aromatic N) is 4. The standard InChI is InChI=1S/C13H14N4O3/c1-8-4-6-17-11(15-8)9(7-14-17)12(18)16-5-2-3-10(16)13(19)20/h4,6-7,10H,2-3,5H2,1H3,(H,19,20)/t10-/m1/s1. The molecule has 0 bridgehead atoms. The molecule has 1 amide bonds. The van der Waals surface area contributed by atoms with E-state index in [1.807, 2.05) is 6.92 Å². The highest BCUT2D eigenvalue weighted by Crippen LogP contribution is 2.21. The van der Waals surface area contributed by atoms with Gasteiger partial charge in [0.15, 0.2) is 5.65 Å². The highest BCUT2D eigenvalue weighted by atomic mass is 16.4. The monoisotopic (exact) mass is 274 g/mol. The van der Waals surface area contributed by atoms with Gasteiger partial charge < -0.3 is 10.0 Å². The molecule has 1 fully saturated rings. The summed E-state index contributed by atoms with van der Waals surface area (Å²) in [6.07, 6.45) is 4.37. The second kappa shape index (κ2) is 4.59. The van der Waals surface area contributed by atoms with Crippen molar-refractivity contribution < 1.29 is 14.7 Å². The number of carbonyl (C=O) groups is 2. The van der Waals surface area contributed by atoms with Crippen molar-refractivity contribution in [1.82, 2.24) is 19.5 Å². The summed E-state index contributed by atoms with van der Waals surface area (Å²) in [5, 5.41) is 13.2. The van der Waals surface area contributed by atoms with Gasteiger partial charge in [-0.3, -0.25) is 4.79 Å². The number of rotatable bonds is 2. The Morgan fingerprint density at radius 2 is 2.25 bits per heavy atom. The molecule has 2 aromatic heterocycles. The Morgan fingerprint density at radius 3 is 3.00 bits per heavy atom. The summed E-state index contributed by atoms with van der Waals surface area (Å²) >= 11 is 0. The van der Waals surface area contributed by atoms with E-state index in [1.165, 1.54) is 15.6 Å². The first-order valence-corrected chi connectivity index (χ1v) is 6.42. The van der Waals surface area contributed by atoms with Gasteiger partial charge in [0, 0.05) is 18.4 Å². The molecule has 104 valence electrons. The number of carbonyl (C=O) groups excluding carboxylic acids is 1. The minimum atomic E-state index is -0.962. The minimum absolute atomic E-state index is 0.317. The van der Waals surface area contributed by atoms with Gasteiger partial charge in [-0.05, 0) is 25.8 Å². The van der Waals surface area contributed by atoms with Gasteiger partial charge in [0.25, 0.3) is 5.91 Å². The van der Waals surface area contributed by atoms with E-state index in [2.05, 4.69) is 10.1 Å². The number of likely N-dealkylation sites (tertiary alicyclic amines) is 1. The van der Waals surface area contributed by atoms with Crippen LogP contribution in [0.5, 0.6) is 0 Å². The van der Waals surface area contributed by atoms with Gasteiger partial charge in [0.1, 0.15) is 11.6 Å². The molecule has 3 heterocycles. The molecule has 20 heavy (non-hydrogen) atoms. The highest BCUT2D eigenvalue weighted by molar-refractivity contribution is 6.01. The van der Waals surface area contributed by atoms with Crippen molar-refractivity contribution in [2.75, 3.05) is 6.54 Å². The second-order valence-electron chi connectivity index (χ2n) is 4.89. The molecule has 0 spiro atoms. The third kappa shape index (κ3) is 1.91. The van der Waals surface area contributed by atoms with E-state index in [0.29, 0.717) is 30.6 Å². The molecule has 1 aliphatic rings. The molecule has 0 unspecified atom stereocenters. The Bertz CT molecular complexity index is 694. The van der Waals surface area contributed by atoms with Crippen molar-refractivity contribution in [3.63, 3.8) is 0 Å². The van der Waals surface area contributed by atoms with E-state index in [4.69, 9.17) is 5.11 Å². The van der Waals surface area contributed by atoms with Gasteiger partial charge in [0.05, 0.1) is 6.20 Å². The number of hydrogen-bond donors (Lipinski definition) is 1. The van der Waals surface area contributed by atoms with Crippen molar-refractivity contribution >= 4 is 17.5 Å². The summed E-state index contributed by atoms with van der Waals surface area (Å²) in [6.45, 7) is 2.29. The van der Waals surface area contributed by atoms with Crippen molar-refractivity contribution in [2.45, 2.75) is 25.8 Å². The molecule has 2 aromatic rings. The zero-order valence-electron chi connectivity index (χ0n) is 11.0. The first-order valence-electron chi connectivity index (χ1n) is 6.42. The van der Waals surface area contributed by atoms with Crippen molar-refractivity contribution in [2.24, 2.45) is 0 Å². The average Bonchev–Trinajstić information content (AvgIpc) is 3.04. The van der Waals surface area contributed by atoms with Crippen LogP contribution in [0, 0.1) is 6.92 Å². The molecule has 1 atom stereocenters. The summed E-state index contributed by atoms with van der Waals surface area (Å²) < 4.78 is 1.52. The lowest BCUT2D eigenvalue weighted by Gasteiger charge is -2.20. The van der Waals surface area contributed by atoms with Gasteiger partial charge in [-0.1, -0.05) is 0 Å². The topological polar surface area (TPSA) is 87.8 Å². The van der Waals surface area contributed by atoms with Gasteiger partial charge >= 0.3 is 5.97 Å². The molecular formula is C13H14N4O3. The largest absolute Gasteiger partial charge is 0.480 e. The molecule has 3 rings (SSSR count). The van der Waals surface area contributed by atoms with Crippen molar-refractivity contribution in [3.05, 3.63) is 29.7 Å². The molecule has 0 aliphatic carbocycles. The van der Waals surface area contributed by atoms with Crippen LogP contribution in [-0.4, -0.2) is 49.1 Å². The Balaban J connectivity index is 2.00. The Morgan fingerprint density at radius 1 is 1.45 bits per heavy atom. The third-order valence-electron chi connectivity index (χ3n) is 3.54. The number of hydrogen-bond acceptors (Lipinski definition) is 4. The quantitative estimate of drug-likeness (QED) is 0.872. The van der Waals surface area contributed by atoms with Crippen LogP contribution in [0.3, 0.4) is 0 Å². The predicted octanol–water partition coefficient (Wildman–Crippen LogP) is 0.727. The predicted molar refractivity (Wildman–Crippen MR) is 69.4 cm³/mol. The fraction of sp³-hybridized carbons (Fsp3) is 0.385. The molecule has 1 saturated heterocycles. The van der Waals surface area contributed by atoms with Gasteiger partial charge in [-0.2, -0.15) is 5.10 Å². The maximum atomic E-state index is 12.5. The van der Waals surface area contributed by atoms with E-state index in [0.717, 1.165) is 5.69 Å². The molecule has 0 aromatic carbocycles. The number of fused-ring (bicyclic) bond motifs is 1. The van der Waals surface area contributed by atoms with Gasteiger partial charge in [0.2, 0.25) is 0 Å². The number of aryl methyl sites for hydroxylation is 1. The second-order valence-corrected chi connectivity index (χ2v) is 4.89. The Hall–Kier alpha value is -2.44. The molecular weight excluding hydrogens is 260 g/mol. The first kappa shape index (κ1) is 12.6. The fourth-order valence-corrected chi connectivity index (χ4v) is 2.53. The van der Waals surface area contributed by atoms with Crippen LogP contribution < -0.4 is 0 Å². The third-order valence-corrected chi connectivity index (χ3v) is 3.54. The normalized spacial score (nSPS) is 18.6. The Labute approximate surface area is 114 Å². The van der Waals surface area contributed by atoms with Crippen LogP contribution in [0.1, 0.15) is 28.9 Å². The van der Waals surface area contributed by atoms with E-state index in [-0.39, 0.29) is 5.91 Å². The van der Waals surface area contributed by atoms with Crippen LogP contribution in [0.2, 0.25) is 0 Å². The molecule has 7 heteroatoms. The lowest BCUT2D eigenvalue weighted by molar-refractivity contribution is -0.141. The molecule has 0 radical (unpaired) electrons. The van der Waals surface area contributed by atoms with E-state index in [1.54, 1.807) is 12.3 Å². The maximum Gasteiger partial charge on any atom is 0.326 e. The fourth-order valence-electron chi connectivity index (χ4n) is 2.53. The number of aromatic nitrogens is 3. The Kier molecular flexibility index (Phi) is 2.89. The zero-order chi connectivity index (χ0) is 14.3. The summed E-state index contributed by atoms with van der Waals surface area (Å²) in [6, 6.07) is 1.05. The van der Waals surface area contributed by atoms with E-state index >= 15 is 0 Å². The summed E-state index contributed by atoms with van der Waals surface area (Å²) in [4.78, 5) is 29.4. The van der Waals surface area contributed by atoms with Gasteiger partial charge in [-0.25, -0.2) is 14.3 Å². The van der Waals surface area contributed by atoms with Crippen LogP contribution >= 0.6 is 0 Å².